The molecule has 9 heteroatoms. The van der Waals surface area contributed by atoms with Gasteiger partial charge < -0.3 is 10.2 Å². The number of rotatable bonds is 13. The predicted octanol–water partition coefficient (Wildman–Crippen LogP) is 6.40. The van der Waals surface area contributed by atoms with Gasteiger partial charge >= 0.3 is 0 Å². The third kappa shape index (κ3) is 8.27. The Hall–Kier alpha value is -4.14. The molecule has 7 nitrogen and oxygen atoms in total. The smallest absolute Gasteiger partial charge is 0.264 e. The molecule has 0 saturated heterocycles. The number of para-hydroxylation sites is 1. The topological polar surface area (TPSA) is 86.8 Å². The summed E-state index contributed by atoms with van der Waals surface area (Å²) in [6, 6.07) is 30.6. The molecule has 0 heterocycles. The SMILES string of the molecule is CC[C@@H](C)NC(=O)[C@H](Cc1ccccc1)N(Cc1ccc(Cl)cc1)C(=O)CN(c1ccccc1C)S(=O)(=O)c1ccccc1. The van der Waals surface area contributed by atoms with Crippen molar-refractivity contribution in [2.75, 3.05) is 10.8 Å². The Bertz CT molecular complexity index is 1650. The molecule has 44 heavy (non-hydrogen) atoms. The summed E-state index contributed by atoms with van der Waals surface area (Å²) in [6.07, 6.45) is 0.962. The summed E-state index contributed by atoms with van der Waals surface area (Å²) in [5.41, 5.74) is 2.71. The zero-order chi connectivity index (χ0) is 31.7. The maximum atomic E-state index is 14.5. The number of hydrogen-bond donors (Lipinski definition) is 1. The van der Waals surface area contributed by atoms with E-state index < -0.39 is 28.5 Å². The van der Waals surface area contributed by atoms with Gasteiger partial charge in [0.1, 0.15) is 12.6 Å². The number of benzene rings is 4. The third-order valence-corrected chi connectivity index (χ3v) is 9.56. The summed E-state index contributed by atoms with van der Waals surface area (Å²) >= 11 is 6.15. The van der Waals surface area contributed by atoms with Crippen LogP contribution in [0.25, 0.3) is 0 Å². The quantitative estimate of drug-likeness (QED) is 0.185. The molecule has 0 bridgehead atoms. The Labute approximate surface area is 265 Å². The van der Waals surface area contributed by atoms with Gasteiger partial charge in [0.2, 0.25) is 11.8 Å². The molecular formula is C35H38ClN3O4S. The fourth-order valence-electron chi connectivity index (χ4n) is 4.86. The molecule has 0 fully saturated rings. The van der Waals surface area contributed by atoms with E-state index >= 15 is 0 Å². The standard InChI is InChI=1S/C35H38ClN3O4S/c1-4-27(3)37-35(41)33(23-28-14-7-5-8-15-28)38(24-29-19-21-30(36)22-20-29)34(40)25-39(32-18-12-11-13-26(32)2)44(42,43)31-16-9-6-10-17-31/h5-22,27,33H,4,23-25H2,1-3H3,(H,37,41)/t27-,33+/m1/s1. The molecular weight excluding hydrogens is 594 g/mol. The van der Waals surface area contributed by atoms with Crippen LogP contribution in [0.3, 0.4) is 0 Å². The highest BCUT2D eigenvalue weighted by Gasteiger charge is 2.35. The lowest BCUT2D eigenvalue weighted by Crippen LogP contribution is -2.54. The lowest BCUT2D eigenvalue weighted by Gasteiger charge is -2.34. The van der Waals surface area contributed by atoms with Gasteiger partial charge in [-0.1, -0.05) is 97.4 Å². The summed E-state index contributed by atoms with van der Waals surface area (Å²) in [6.45, 7) is 5.26. The van der Waals surface area contributed by atoms with Gasteiger partial charge in [-0.15, -0.1) is 0 Å². The molecule has 0 aliphatic carbocycles. The first-order valence-electron chi connectivity index (χ1n) is 14.6. The van der Waals surface area contributed by atoms with Crippen LogP contribution in [0.5, 0.6) is 0 Å². The summed E-state index contributed by atoms with van der Waals surface area (Å²) < 4.78 is 29.3. The van der Waals surface area contributed by atoms with Crippen molar-refractivity contribution >= 4 is 39.1 Å². The van der Waals surface area contributed by atoms with E-state index in [9.17, 15) is 18.0 Å². The summed E-state index contributed by atoms with van der Waals surface area (Å²) in [7, 11) is -4.14. The lowest BCUT2D eigenvalue weighted by atomic mass is 10.0. The van der Waals surface area contributed by atoms with Gasteiger partial charge in [0, 0.05) is 24.0 Å². The van der Waals surface area contributed by atoms with Crippen LogP contribution in [0, 0.1) is 6.92 Å². The van der Waals surface area contributed by atoms with Crippen LogP contribution < -0.4 is 9.62 Å². The first-order valence-corrected chi connectivity index (χ1v) is 16.4. The van der Waals surface area contributed by atoms with E-state index in [1.165, 1.54) is 17.0 Å². The van der Waals surface area contributed by atoms with Crippen LogP contribution in [0.2, 0.25) is 5.02 Å². The summed E-state index contributed by atoms with van der Waals surface area (Å²) in [4.78, 5) is 29.9. The molecule has 2 amide bonds. The second-order valence-electron chi connectivity index (χ2n) is 10.8. The molecule has 1 N–H and O–H groups in total. The first kappa shape index (κ1) is 32.8. The molecule has 0 aliphatic rings. The highest BCUT2D eigenvalue weighted by molar-refractivity contribution is 7.92. The number of amides is 2. The largest absolute Gasteiger partial charge is 0.352 e. The third-order valence-electron chi connectivity index (χ3n) is 7.53. The van der Waals surface area contributed by atoms with Gasteiger partial charge in [0.25, 0.3) is 10.0 Å². The van der Waals surface area contributed by atoms with Gasteiger partial charge in [-0.3, -0.25) is 13.9 Å². The average Bonchev–Trinajstić information content (AvgIpc) is 3.03. The number of nitrogens with zero attached hydrogens (tertiary/aromatic N) is 2. The van der Waals surface area contributed by atoms with Gasteiger partial charge in [0.05, 0.1) is 10.6 Å². The molecule has 230 valence electrons. The minimum Gasteiger partial charge on any atom is -0.352 e. The van der Waals surface area contributed by atoms with Crippen molar-refractivity contribution in [2.45, 2.75) is 57.1 Å². The van der Waals surface area contributed by atoms with Gasteiger partial charge in [-0.2, -0.15) is 0 Å². The zero-order valence-corrected chi connectivity index (χ0v) is 26.8. The Morgan fingerprint density at radius 1 is 0.818 bits per heavy atom. The second kappa shape index (κ2) is 15.0. The number of hydrogen-bond acceptors (Lipinski definition) is 4. The average molecular weight is 632 g/mol. The van der Waals surface area contributed by atoms with E-state index in [1.54, 1.807) is 67.6 Å². The Morgan fingerprint density at radius 2 is 1.41 bits per heavy atom. The van der Waals surface area contributed by atoms with E-state index in [-0.39, 0.29) is 29.8 Å². The van der Waals surface area contributed by atoms with Crippen molar-refractivity contribution in [2.24, 2.45) is 0 Å². The fraction of sp³-hybridized carbons (Fsp3) is 0.257. The maximum absolute atomic E-state index is 14.5. The number of carbonyl (C=O) groups is 2. The fourth-order valence-corrected chi connectivity index (χ4v) is 6.48. The van der Waals surface area contributed by atoms with Crippen molar-refractivity contribution in [3.8, 4) is 0 Å². The Kier molecular flexibility index (Phi) is 11.2. The monoisotopic (exact) mass is 631 g/mol. The number of aryl methyl sites for hydroxylation is 1. The van der Waals surface area contributed by atoms with Crippen molar-refractivity contribution in [3.63, 3.8) is 0 Å². The molecule has 0 aliphatic heterocycles. The molecule has 0 spiro atoms. The van der Waals surface area contributed by atoms with Gasteiger partial charge in [0.15, 0.2) is 0 Å². The normalized spacial score (nSPS) is 12.6. The Balaban J connectivity index is 1.81. The molecule has 0 aromatic heterocycles. The number of carbonyl (C=O) groups excluding carboxylic acids is 2. The number of halogens is 1. The van der Waals surface area contributed by atoms with E-state index in [0.717, 1.165) is 15.4 Å². The molecule has 0 unspecified atom stereocenters. The van der Waals surface area contributed by atoms with Crippen LogP contribution in [0.15, 0.2) is 114 Å². The molecule has 4 aromatic carbocycles. The van der Waals surface area contributed by atoms with Gasteiger partial charge in [-0.25, -0.2) is 8.42 Å². The van der Waals surface area contributed by atoms with E-state index in [1.807, 2.05) is 50.2 Å². The molecule has 4 rings (SSSR count). The molecule has 0 saturated carbocycles. The van der Waals surface area contributed by atoms with Crippen molar-refractivity contribution in [1.82, 2.24) is 10.2 Å². The van der Waals surface area contributed by atoms with Crippen molar-refractivity contribution in [1.29, 1.82) is 0 Å². The number of anilines is 1. The number of sulfonamides is 1. The van der Waals surface area contributed by atoms with E-state index in [4.69, 9.17) is 11.6 Å². The first-order chi connectivity index (χ1) is 21.1. The lowest BCUT2D eigenvalue weighted by molar-refractivity contribution is -0.140. The second-order valence-corrected chi connectivity index (χ2v) is 13.1. The predicted molar refractivity (Wildman–Crippen MR) is 176 cm³/mol. The van der Waals surface area contributed by atoms with E-state index in [0.29, 0.717) is 22.7 Å². The molecule has 4 aromatic rings. The summed E-state index contributed by atoms with van der Waals surface area (Å²) in [5, 5.41) is 3.59. The van der Waals surface area contributed by atoms with Crippen LogP contribution in [0.1, 0.15) is 37.0 Å². The van der Waals surface area contributed by atoms with Crippen molar-refractivity contribution < 1.29 is 18.0 Å². The highest BCUT2D eigenvalue weighted by atomic mass is 35.5. The van der Waals surface area contributed by atoms with Crippen LogP contribution in [-0.2, 0) is 32.6 Å². The zero-order valence-electron chi connectivity index (χ0n) is 25.2. The summed E-state index contributed by atoms with van der Waals surface area (Å²) in [5.74, 6) is -0.818. The number of nitrogens with one attached hydrogen (secondary N) is 1. The van der Waals surface area contributed by atoms with Crippen LogP contribution in [0.4, 0.5) is 5.69 Å². The highest BCUT2D eigenvalue weighted by Crippen LogP contribution is 2.27. The minimum atomic E-state index is -4.14. The van der Waals surface area contributed by atoms with Crippen molar-refractivity contribution in [3.05, 3.63) is 131 Å². The minimum absolute atomic E-state index is 0.0654. The maximum Gasteiger partial charge on any atom is 0.264 e. The Morgan fingerprint density at radius 3 is 2.02 bits per heavy atom. The van der Waals surface area contributed by atoms with E-state index in [2.05, 4.69) is 5.32 Å². The van der Waals surface area contributed by atoms with Crippen LogP contribution >= 0.6 is 11.6 Å². The van der Waals surface area contributed by atoms with Crippen LogP contribution in [-0.4, -0.2) is 43.8 Å². The molecule has 2 atom stereocenters. The molecule has 0 radical (unpaired) electrons. The van der Waals surface area contributed by atoms with Gasteiger partial charge in [-0.05, 0) is 67.3 Å².